The molecule has 28 heavy (non-hydrogen) atoms. The maximum Gasteiger partial charge on any atom is 0.241 e. The first kappa shape index (κ1) is 18.6. The van der Waals surface area contributed by atoms with Gasteiger partial charge in [-0.25, -0.2) is 4.98 Å². The van der Waals surface area contributed by atoms with Gasteiger partial charge in [0, 0.05) is 43.9 Å². The van der Waals surface area contributed by atoms with Gasteiger partial charge in [-0.3, -0.25) is 9.59 Å². The Morgan fingerprint density at radius 1 is 1.18 bits per heavy atom. The quantitative estimate of drug-likeness (QED) is 0.769. The molecular formula is C19H27N7O2. The lowest BCUT2D eigenvalue weighted by molar-refractivity contribution is -0.133. The highest BCUT2D eigenvalue weighted by atomic mass is 16.2. The number of aromatic nitrogens is 5. The van der Waals surface area contributed by atoms with Crippen LogP contribution in [-0.4, -0.2) is 60.7 Å². The first-order chi connectivity index (χ1) is 13.7. The normalized spacial score (nSPS) is 17.7. The Morgan fingerprint density at radius 3 is 2.61 bits per heavy atom. The van der Waals surface area contributed by atoms with E-state index in [0.717, 1.165) is 24.5 Å². The third kappa shape index (κ3) is 4.07. The molecule has 0 bridgehead atoms. The largest absolute Gasteiger partial charge is 0.347 e. The van der Waals surface area contributed by atoms with Gasteiger partial charge in [0.15, 0.2) is 5.82 Å². The van der Waals surface area contributed by atoms with Crippen molar-refractivity contribution in [2.75, 3.05) is 19.6 Å². The number of nitrogens with zero attached hydrogens (tertiary/aromatic N) is 6. The van der Waals surface area contributed by atoms with E-state index in [1.54, 1.807) is 19.4 Å². The lowest BCUT2D eigenvalue weighted by atomic mass is 9.95. The van der Waals surface area contributed by atoms with Crippen molar-refractivity contribution >= 4 is 11.8 Å². The number of hydrogen-bond donors (Lipinski definition) is 1. The first-order valence-electron chi connectivity index (χ1n) is 10.1. The van der Waals surface area contributed by atoms with Gasteiger partial charge >= 0.3 is 0 Å². The standard InChI is InChI=1S/C19H27N7O2/c1-2-17(27)21-11-18(28)25-8-5-14(6-9-25)19-23-22-16(26(19)15-3-4-15)12-24-10-7-20-13-24/h7,10,13-15H,2-6,8-9,11-12H2,1H3,(H,21,27). The molecule has 0 atom stereocenters. The predicted octanol–water partition coefficient (Wildman–Crippen LogP) is 1.09. The molecule has 2 aromatic heterocycles. The van der Waals surface area contributed by atoms with Gasteiger partial charge in [0.25, 0.3) is 0 Å². The number of likely N-dealkylation sites (tertiary alicyclic amines) is 1. The van der Waals surface area contributed by atoms with Crippen LogP contribution in [-0.2, 0) is 16.1 Å². The number of hydrogen-bond acceptors (Lipinski definition) is 5. The highest BCUT2D eigenvalue weighted by Gasteiger charge is 2.34. The number of carbonyl (C=O) groups is 2. The van der Waals surface area contributed by atoms with E-state index in [4.69, 9.17) is 0 Å². The van der Waals surface area contributed by atoms with Crippen molar-refractivity contribution in [2.24, 2.45) is 0 Å². The summed E-state index contributed by atoms with van der Waals surface area (Å²) in [5, 5.41) is 11.7. The molecule has 9 heteroatoms. The molecule has 2 amide bonds. The molecule has 1 aliphatic carbocycles. The Balaban J connectivity index is 1.39. The van der Waals surface area contributed by atoms with E-state index in [1.807, 2.05) is 15.7 Å². The average Bonchev–Trinajstić information content (AvgIpc) is 3.26. The molecule has 2 fully saturated rings. The second-order valence-electron chi connectivity index (χ2n) is 7.60. The Morgan fingerprint density at radius 2 is 1.96 bits per heavy atom. The fraction of sp³-hybridized carbons (Fsp3) is 0.632. The van der Waals surface area contributed by atoms with Crippen molar-refractivity contribution in [1.29, 1.82) is 0 Å². The van der Waals surface area contributed by atoms with Crippen molar-refractivity contribution in [3.05, 3.63) is 30.4 Å². The van der Waals surface area contributed by atoms with Crippen LogP contribution in [0.4, 0.5) is 0 Å². The Kier molecular flexibility index (Phi) is 5.40. The van der Waals surface area contributed by atoms with E-state index >= 15 is 0 Å². The summed E-state index contributed by atoms with van der Waals surface area (Å²) in [7, 11) is 0. The maximum absolute atomic E-state index is 12.3. The van der Waals surface area contributed by atoms with Gasteiger partial charge in [-0.2, -0.15) is 0 Å². The summed E-state index contributed by atoms with van der Waals surface area (Å²) in [6.07, 6.45) is 10.0. The van der Waals surface area contributed by atoms with Gasteiger partial charge in [-0.1, -0.05) is 6.92 Å². The third-order valence-corrected chi connectivity index (χ3v) is 5.56. The first-order valence-corrected chi connectivity index (χ1v) is 10.1. The van der Waals surface area contributed by atoms with Crippen molar-refractivity contribution < 1.29 is 9.59 Å². The summed E-state index contributed by atoms with van der Waals surface area (Å²) in [5.74, 6) is 2.26. The van der Waals surface area contributed by atoms with Crippen LogP contribution in [0.15, 0.2) is 18.7 Å². The second-order valence-corrected chi connectivity index (χ2v) is 7.60. The monoisotopic (exact) mass is 385 g/mol. The number of nitrogens with one attached hydrogen (secondary N) is 1. The molecule has 1 saturated heterocycles. The molecule has 0 aromatic carbocycles. The highest BCUT2D eigenvalue weighted by molar-refractivity contribution is 5.84. The van der Waals surface area contributed by atoms with E-state index in [-0.39, 0.29) is 18.4 Å². The van der Waals surface area contributed by atoms with Crippen LogP contribution < -0.4 is 5.32 Å². The zero-order valence-electron chi connectivity index (χ0n) is 16.3. The molecule has 0 radical (unpaired) electrons. The Labute approximate surface area is 164 Å². The summed E-state index contributed by atoms with van der Waals surface area (Å²) in [6.45, 7) is 3.94. The zero-order valence-corrected chi connectivity index (χ0v) is 16.3. The summed E-state index contributed by atoms with van der Waals surface area (Å²) >= 11 is 0. The second kappa shape index (κ2) is 8.12. The molecule has 0 spiro atoms. The van der Waals surface area contributed by atoms with Crippen LogP contribution in [0.25, 0.3) is 0 Å². The van der Waals surface area contributed by atoms with Crippen molar-refractivity contribution in [3.63, 3.8) is 0 Å². The molecule has 1 N–H and O–H groups in total. The van der Waals surface area contributed by atoms with E-state index < -0.39 is 0 Å². The summed E-state index contributed by atoms with van der Waals surface area (Å²) in [4.78, 5) is 29.6. The molecule has 1 saturated carbocycles. The molecule has 2 aliphatic rings. The predicted molar refractivity (Wildman–Crippen MR) is 101 cm³/mol. The van der Waals surface area contributed by atoms with Crippen LogP contribution in [0.2, 0.25) is 0 Å². The fourth-order valence-electron chi connectivity index (χ4n) is 3.80. The minimum Gasteiger partial charge on any atom is -0.347 e. The molecule has 2 aromatic rings. The number of carbonyl (C=O) groups excluding carboxylic acids is 2. The minimum atomic E-state index is -0.0915. The van der Waals surface area contributed by atoms with Crippen LogP contribution in [0.5, 0.6) is 0 Å². The summed E-state index contributed by atoms with van der Waals surface area (Å²) in [5.41, 5.74) is 0. The van der Waals surface area contributed by atoms with Gasteiger partial charge in [0.1, 0.15) is 5.82 Å². The van der Waals surface area contributed by atoms with Gasteiger partial charge in [0.05, 0.1) is 19.4 Å². The van der Waals surface area contributed by atoms with Crippen LogP contribution >= 0.6 is 0 Å². The molecule has 150 valence electrons. The maximum atomic E-state index is 12.3. The molecular weight excluding hydrogens is 358 g/mol. The topological polar surface area (TPSA) is 97.9 Å². The summed E-state index contributed by atoms with van der Waals surface area (Å²) < 4.78 is 4.34. The molecule has 1 aliphatic heterocycles. The van der Waals surface area contributed by atoms with Gasteiger partial charge in [-0.05, 0) is 25.7 Å². The highest BCUT2D eigenvalue weighted by Crippen LogP contribution is 2.39. The van der Waals surface area contributed by atoms with Crippen LogP contribution in [0, 0.1) is 0 Å². The summed E-state index contributed by atoms with van der Waals surface area (Å²) in [6, 6.07) is 0.507. The van der Waals surface area contributed by atoms with E-state index in [9.17, 15) is 9.59 Å². The number of piperidine rings is 1. The van der Waals surface area contributed by atoms with Crippen molar-refractivity contribution in [1.82, 2.24) is 34.5 Å². The Bertz CT molecular complexity index is 817. The smallest absolute Gasteiger partial charge is 0.241 e. The zero-order chi connectivity index (χ0) is 19.5. The molecule has 3 heterocycles. The third-order valence-electron chi connectivity index (χ3n) is 5.56. The number of amides is 2. The van der Waals surface area contributed by atoms with Crippen LogP contribution in [0.3, 0.4) is 0 Å². The molecule has 9 nitrogen and oxygen atoms in total. The average molecular weight is 385 g/mol. The van der Waals surface area contributed by atoms with E-state index in [0.29, 0.717) is 38.0 Å². The van der Waals surface area contributed by atoms with Crippen molar-refractivity contribution in [2.45, 2.75) is 57.5 Å². The SMILES string of the molecule is CCC(=O)NCC(=O)N1CCC(c2nnc(Cn3ccnc3)n2C2CC2)CC1. The number of imidazole rings is 1. The van der Waals surface area contributed by atoms with Crippen molar-refractivity contribution in [3.8, 4) is 0 Å². The van der Waals surface area contributed by atoms with Crippen LogP contribution in [0.1, 0.15) is 62.6 Å². The lowest BCUT2D eigenvalue weighted by Crippen LogP contribution is -2.43. The minimum absolute atomic E-state index is 0.00953. The fourth-order valence-corrected chi connectivity index (χ4v) is 3.80. The van der Waals surface area contributed by atoms with Gasteiger partial charge in [-0.15, -0.1) is 10.2 Å². The Hall–Kier alpha value is -2.71. The lowest BCUT2D eigenvalue weighted by Gasteiger charge is -2.32. The molecule has 4 rings (SSSR count). The van der Waals surface area contributed by atoms with E-state index in [2.05, 4.69) is 25.1 Å². The van der Waals surface area contributed by atoms with Gasteiger partial charge < -0.3 is 19.4 Å². The number of rotatable bonds is 7. The van der Waals surface area contributed by atoms with Gasteiger partial charge in [0.2, 0.25) is 11.8 Å². The molecule has 0 unspecified atom stereocenters. The van der Waals surface area contributed by atoms with E-state index in [1.165, 1.54) is 12.8 Å².